The van der Waals surface area contributed by atoms with Gasteiger partial charge in [0.15, 0.2) is 0 Å². The molecule has 0 heterocycles. The maximum absolute atomic E-state index is 7.49. The van der Waals surface area contributed by atoms with Crippen LogP contribution in [-0.4, -0.2) is 0 Å². The van der Waals surface area contributed by atoms with Crippen molar-refractivity contribution in [3.8, 4) is 11.1 Å². The molecule has 0 saturated heterocycles. The Balaban J connectivity index is 1.99. The molecule has 0 saturated carbocycles. The van der Waals surface area contributed by atoms with Crippen molar-refractivity contribution in [2.24, 2.45) is 0 Å². The van der Waals surface area contributed by atoms with E-state index in [0.29, 0.717) is 15.1 Å². The predicted octanol–water partition coefficient (Wildman–Crippen LogP) is 8.84. The Morgan fingerprint density at radius 3 is 1.38 bits per heavy atom. The molecular formula is C25H16Cl4. The van der Waals surface area contributed by atoms with Crippen LogP contribution in [0.25, 0.3) is 11.1 Å². The van der Waals surface area contributed by atoms with Gasteiger partial charge in [-0.25, -0.2) is 0 Å². The first-order valence-electron chi connectivity index (χ1n) is 9.05. The summed E-state index contributed by atoms with van der Waals surface area (Å²) in [5, 5.41) is 2.02. The van der Waals surface area contributed by atoms with Crippen molar-refractivity contribution in [3.63, 3.8) is 0 Å². The Hall–Kier alpha value is -1.96. The zero-order chi connectivity index (χ0) is 20.4. The van der Waals surface area contributed by atoms with Gasteiger partial charge >= 0.3 is 0 Å². The largest absolute Gasteiger partial charge is 0.120 e. The van der Waals surface area contributed by atoms with Crippen molar-refractivity contribution >= 4 is 46.4 Å². The van der Waals surface area contributed by atoms with Gasteiger partial charge in [0.25, 0.3) is 0 Å². The number of halogens is 4. The second kappa shape index (κ2) is 8.42. The Kier molecular flexibility index (Phi) is 5.90. The van der Waals surface area contributed by atoms with E-state index in [0.717, 1.165) is 27.8 Å². The molecule has 0 amide bonds. The van der Waals surface area contributed by atoms with Crippen LogP contribution in [-0.2, 0) is 4.87 Å². The van der Waals surface area contributed by atoms with Crippen LogP contribution in [0, 0.1) is 0 Å². The summed E-state index contributed by atoms with van der Waals surface area (Å²) in [6.45, 7) is 0. The molecular weight excluding hydrogens is 442 g/mol. The molecule has 0 aromatic heterocycles. The van der Waals surface area contributed by atoms with Gasteiger partial charge in [0.1, 0.15) is 4.87 Å². The summed E-state index contributed by atoms with van der Waals surface area (Å²) in [5.74, 6) is 0. The number of benzene rings is 4. The lowest BCUT2D eigenvalue weighted by Gasteiger charge is -2.31. The second-order valence-corrected chi connectivity index (χ2v) is 8.60. The molecule has 0 unspecified atom stereocenters. The zero-order valence-electron chi connectivity index (χ0n) is 15.2. The highest BCUT2D eigenvalue weighted by Gasteiger charge is 2.36. The summed E-state index contributed by atoms with van der Waals surface area (Å²) in [6.07, 6.45) is 0. The third kappa shape index (κ3) is 4.04. The minimum Gasteiger partial charge on any atom is -0.104 e. The molecule has 4 aromatic rings. The Morgan fingerprint density at radius 2 is 0.897 bits per heavy atom. The summed E-state index contributed by atoms with van der Waals surface area (Å²) in [5.41, 5.74) is 4.88. The number of hydrogen-bond donors (Lipinski definition) is 0. The van der Waals surface area contributed by atoms with E-state index in [1.54, 1.807) is 0 Å². The van der Waals surface area contributed by atoms with Crippen LogP contribution in [0.2, 0.25) is 15.1 Å². The van der Waals surface area contributed by atoms with Crippen molar-refractivity contribution in [1.29, 1.82) is 0 Å². The van der Waals surface area contributed by atoms with Crippen LogP contribution >= 0.6 is 46.4 Å². The summed E-state index contributed by atoms with van der Waals surface area (Å²) >= 11 is 25.9. The van der Waals surface area contributed by atoms with E-state index in [4.69, 9.17) is 46.4 Å². The van der Waals surface area contributed by atoms with Gasteiger partial charge in [0.05, 0.1) is 0 Å². The molecule has 4 heteroatoms. The van der Waals surface area contributed by atoms with Gasteiger partial charge < -0.3 is 0 Å². The van der Waals surface area contributed by atoms with Gasteiger partial charge in [0.2, 0.25) is 0 Å². The highest BCUT2D eigenvalue weighted by atomic mass is 35.5. The molecule has 29 heavy (non-hydrogen) atoms. The summed E-state index contributed by atoms with van der Waals surface area (Å²) in [7, 11) is 0. The maximum atomic E-state index is 7.49. The maximum Gasteiger partial charge on any atom is 0.120 e. The molecule has 0 N–H and O–H groups in total. The minimum atomic E-state index is -0.925. The van der Waals surface area contributed by atoms with E-state index in [1.165, 1.54) is 0 Å². The molecule has 0 aliphatic heterocycles. The van der Waals surface area contributed by atoms with Gasteiger partial charge in [-0.3, -0.25) is 0 Å². The normalized spacial score (nSPS) is 11.4. The molecule has 0 radical (unpaired) electrons. The van der Waals surface area contributed by atoms with Crippen molar-refractivity contribution < 1.29 is 0 Å². The van der Waals surface area contributed by atoms with E-state index in [1.807, 2.05) is 84.9 Å². The average Bonchev–Trinajstić information content (AvgIpc) is 2.75. The van der Waals surface area contributed by atoms with Crippen LogP contribution < -0.4 is 0 Å². The zero-order valence-corrected chi connectivity index (χ0v) is 18.3. The van der Waals surface area contributed by atoms with Crippen molar-refractivity contribution in [2.45, 2.75) is 4.87 Å². The standard InChI is InChI=1S/C25H16Cl4/c26-20-11-5-17(6-12-20)23-3-1-2-4-24(23)25(29,18-7-13-21(27)14-8-18)19-9-15-22(28)16-10-19/h1-16H. The fourth-order valence-corrected chi connectivity index (χ4v) is 4.30. The quantitative estimate of drug-likeness (QED) is 0.212. The Morgan fingerprint density at radius 1 is 0.483 bits per heavy atom. The summed E-state index contributed by atoms with van der Waals surface area (Å²) in [6, 6.07) is 31.2. The van der Waals surface area contributed by atoms with Gasteiger partial charge in [-0.05, 0) is 64.2 Å². The topological polar surface area (TPSA) is 0 Å². The number of alkyl halides is 1. The first-order chi connectivity index (χ1) is 14.0. The smallest absolute Gasteiger partial charge is 0.104 e. The predicted molar refractivity (Wildman–Crippen MR) is 126 cm³/mol. The van der Waals surface area contributed by atoms with E-state index in [2.05, 4.69) is 12.1 Å². The molecule has 0 bridgehead atoms. The van der Waals surface area contributed by atoms with Crippen LogP contribution in [0.3, 0.4) is 0 Å². The van der Waals surface area contributed by atoms with Crippen LogP contribution in [0.5, 0.6) is 0 Å². The van der Waals surface area contributed by atoms with Crippen LogP contribution in [0.15, 0.2) is 97.1 Å². The third-order valence-electron chi connectivity index (χ3n) is 4.94. The molecule has 4 aromatic carbocycles. The minimum absolute atomic E-state index is 0.662. The molecule has 4 rings (SSSR count). The molecule has 0 atom stereocenters. The van der Waals surface area contributed by atoms with Crippen molar-refractivity contribution in [3.05, 3.63) is 129 Å². The van der Waals surface area contributed by atoms with Gasteiger partial charge in [0, 0.05) is 15.1 Å². The lowest BCUT2D eigenvalue weighted by molar-refractivity contribution is 0.882. The fraction of sp³-hybridized carbons (Fsp3) is 0.0400. The van der Waals surface area contributed by atoms with E-state index in [-0.39, 0.29) is 0 Å². The van der Waals surface area contributed by atoms with E-state index < -0.39 is 4.87 Å². The first kappa shape index (κ1) is 20.3. The second-order valence-electron chi connectivity index (χ2n) is 6.72. The fourth-order valence-electron chi connectivity index (χ4n) is 3.50. The third-order valence-corrected chi connectivity index (χ3v) is 6.33. The molecule has 0 spiro atoms. The van der Waals surface area contributed by atoms with Gasteiger partial charge in [-0.2, -0.15) is 0 Å². The number of rotatable bonds is 4. The molecule has 0 aliphatic carbocycles. The first-order valence-corrected chi connectivity index (χ1v) is 10.6. The Labute approximate surface area is 190 Å². The van der Waals surface area contributed by atoms with Crippen molar-refractivity contribution in [2.75, 3.05) is 0 Å². The Bertz CT molecular complexity index is 1070. The van der Waals surface area contributed by atoms with E-state index in [9.17, 15) is 0 Å². The highest BCUT2D eigenvalue weighted by molar-refractivity contribution is 6.32. The average molecular weight is 458 g/mol. The van der Waals surface area contributed by atoms with Gasteiger partial charge in [-0.1, -0.05) is 95.5 Å². The van der Waals surface area contributed by atoms with Gasteiger partial charge in [-0.15, -0.1) is 11.6 Å². The van der Waals surface area contributed by atoms with Crippen LogP contribution in [0.1, 0.15) is 16.7 Å². The summed E-state index contributed by atoms with van der Waals surface area (Å²) in [4.78, 5) is -0.925. The molecule has 0 aliphatic rings. The van der Waals surface area contributed by atoms with E-state index >= 15 is 0 Å². The highest BCUT2D eigenvalue weighted by Crippen LogP contribution is 2.47. The molecule has 0 nitrogen and oxygen atoms in total. The van der Waals surface area contributed by atoms with Crippen LogP contribution in [0.4, 0.5) is 0 Å². The lowest BCUT2D eigenvalue weighted by atomic mass is 9.80. The summed E-state index contributed by atoms with van der Waals surface area (Å²) < 4.78 is 0. The molecule has 144 valence electrons. The SMILES string of the molecule is Clc1ccc(-c2ccccc2C(Cl)(c2ccc(Cl)cc2)c2ccc(Cl)cc2)cc1. The molecule has 0 fully saturated rings. The monoisotopic (exact) mass is 456 g/mol. The lowest BCUT2D eigenvalue weighted by Crippen LogP contribution is -2.23. The van der Waals surface area contributed by atoms with Crippen molar-refractivity contribution in [1.82, 2.24) is 0 Å². The number of hydrogen-bond acceptors (Lipinski definition) is 0.